The van der Waals surface area contributed by atoms with Crippen LogP contribution in [0, 0.1) is 0 Å². The van der Waals surface area contributed by atoms with Crippen molar-refractivity contribution in [1.29, 1.82) is 0 Å². The van der Waals surface area contributed by atoms with Crippen molar-refractivity contribution >= 4 is 0 Å². The van der Waals surface area contributed by atoms with Crippen LogP contribution in [0.15, 0.2) is 29.0 Å². The van der Waals surface area contributed by atoms with E-state index < -0.39 is 23.3 Å². The number of nitrogens with two attached hydrogens (primary N) is 1. The van der Waals surface area contributed by atoms with Gasteiger partial charge >= 0.3 is 0 Å². The number of rotatable bonds is 3. The van der Waals surface area contributed by atoms with Gasteiger partial charge in [0.2, 0.25) is 11.2 Å². The second-order valence-corrected chi connectivity index (χ2v) is 5.74. The van der Waals surface area contributed by atoms with Crippen LogP contribution in [0.25, 0.3) is 11.1 Å². The van der Waals surface area contributed by atoms with Gasteiger partial charge in [0, 0.05) is 11.6 Å². The van der Waals surface area contributed by atoms with Gasteiger partial charge in [-0.2, -0.15) is 0 Å². The fourth-order valence-electron chi connectivity index (χ4n) is 3.19. The molecular formula is C19H21NO5. The Labute approximate surface area is 148 Å². The summed E-state index contributed by atoms with van der Waals surface area (Å²) < 4.78 is 32.7. The Bertz CT molecular complexity index is 978. The van der Waals surface area contributed by atoms with Crippen molar-refractivity contribution in [3.63, 3.8) is 0 Å². The lowest BCUT2D eigenvalue weighted by Gasteiger charge is -2.19. The molecule has 0 aliphatic heterocycles. The molecule has 0 radical (unpaired) electrons. The maximum Gasteiger partial charge on any atom is 0.220 e. The van der Waals surface area contributed by atoms with E-state index in [1.54, 1.807) is 6.07 Å². The molecule has 6 heteroatoms. The molecule has 0 saturated heterocycles. The largest absolute Gasteiger partial charge is 0.504 e. The smallest absolute Gasteiger partial charge is 0.220 e. The highest BCUT2D eigenvalue weighted by Gasteiger charge is 2.27. The Morgan fingerprint density at radius 1 is 1.24 bits per heavy atom. The molecule has 1 atom stereocenters. The van der Waals surface area contributed by atoms with Gasteiger partial charge in [-0.15, -0.1) is 0 Å². The standard InChI is InChI=1S/C19H21NO5/c1-23-16-8-10-4-6-13(20)12-9-15(22)14(21)7-5-11(12)17(10)19(25-3)18(16)24-2/h5,7-9,13H,4,6,20H2,1-3H3,(H,21,22)/t13-/m0/s1/i7D,9D. The highest BCUT2D eigenvalue weighted by atomic mass is 16.5. The molecule has 3 N–H and O–H groups in total. The van der Waals surface area contributed by atoms with E-state index in [9.17, 15) is 9.90 Å². The molecule has 0 amide bonds. The van der Waals surface area contributed by atoms with E-state index in [-0.39, 0.29) is 11.6 Å². The third-order valence-electron chi connectivity index (χ3n) is 4.38. The van der Waals surface area contributed by atoms with Gasteiger partial charge in [0.25, 0.3) is 0 Å². The highest BCUT2D eigenvalue weighted by molar-refractivity contribution is 5.82. The van der Waals surface area contributed by atoms with E-state index in [1.165, 1.54) is 27.4 Å². The summed E-state index contributed by atoms with van der Waals surface area (Å²) in [5, 5.41) is 9.98. The first-order valence-corrected chi connectivity index (χ1v) is 7.80. The van der Waals surface area contributed by atoms with Crippen LogP contribution < -0.4 is 25.4 Å². The number of hydrogen-bond donors (Lipinski definition) is 2. The molecule has 1 aliphatic carbocycles. The van der Waals surface area contributed by atoms with Crippen LogP contribution in [0.2, 0.25) is 0 Å². The van der Waals surface area contributed by atoms with Crippen molar-refractivity contribution < 1.29 is 22.1 Å². The lowest BCUT2D eigenvalue weighted by atomic mass is 9.95. The first-order chi connectivity index (χ1) is 12.8. The van der Waals surface area contributed by atoms with Gasteiger partial charge in [-0.1, -0.05) is 6.07 Å². The molecular weight excluding hydrogens is 322 g/mol. The second-order valence-electron chi connectivity index (χ2n) is 5.74. The van der Waals surface area contributed by atoms with Crippen molar-refractivity contribution in [1.82, 2.24) is 0 Å². The monoisotopic (exact) mass is 345 g/mol. The SMILES string of the molecule is [2H]c1cc2c(c([2H])c(=O)c1O)[C@@H](N)CCc1cc(OC)c(OC)c(OC)c1-2. The maximum absolute atomic E-state index is 12.3. The molecule has 6 nitrogen and oxygen atoms in total. The average Bonchev–Trinajstić information content (AvgIpc) is 2.85. The Hall–Kier alpha value is -2.73. The second kappa shape index (κ2) is 6.64. The van der Waals surface area contributed by atoms with Crippen LogP contribution in [-0.4, -0.2) is 26.4 Å². The Kier molecular flexibility index (Phi) is 3.88. The van der Waals surface area contributed by atoms with Gasteiger partial charge < -0.3 is 25.1 Å². The molecule has 0 bridgehead atoms. The van der Waals surface area contributed by atoms with Crippen LogP contribution in [0.5, 0.6) is 23.0 Å². The molecule has 25 heavy (non-hydrogen) atoms. The molecule has 0 unspecified atom stereocenters. The third-order valence-corrected chi connectivity index (χ3v) is 4.38. The van der Waals surface area contributed by atoms with Crippen LogP contribution in [0.3, 0.4) is 0 Å². The minimum atomic E-state index is -0.917. The first-order valence-electron chi connectivity index (χ1n) is 8.80. The summed E-state index contributed by atoms with van der Waals surface area (Å²) in [5.74, 6) is 0.423. The topological polar surface area (TPSA) is 91.0 Å². The molecule has 2 aromatic carbocycles. The third kappa shape index (κ3) is 2.78. The molecule has 0 heterocycles. The van der Waals surface area contributed by atoms with Gasteiger partial charge in [0.05, 0.1) is 24.1 Å². The molecule has 2 aromatic rings. The predicted molar refractivity (Wildman–Crippen MR) is 94.7 cm³/mol. The highest BCUT2D eigenvalue weighted by Crippen LogP contribution is 2.49. The Morgan fingerprint density at radius 3 is 2.60 bits per heavy atom. The van der Waals surface area contributed by atoms with E-state index >= 15 is 0 Å². The molecule has 0 aromatic heterocycles. The van der Waals surface area contributed by atoms with E-state index in [0.29, 0.717) is 41.2 Å². The van der Waals surface area contributed by atoms with Gasteiger partial charge in [0.15, 0.2) is 17.2 Å². The molecule has 0 saturated carbocycles. The van der Waals surface area contributed by atoms with Crippen molar-refractivity contribution in [2.24, 2.45) is 5.73 Å². The summed E-state index contributed by atoms with van der Waals surface area (Å²) in [6.07, 6.45) is 1.03. The normalized spacial score (nSPS) is 16.7. The number of hydrogen-bond acceptors (Lipinski definition) is 6. The van der Waals surface area contributed by atoms with E-state index in [2.05, 4.69) is 0 Å². The number of aromatic hydroxyl groups is 1. The number of fused-ring (bicyclic) bond motifs is 3. The fraction of sp³-hybridized carbons (Fsp3) is 0.316. The molecule has 132 valence electrons. The molecule has 0 fully saturated rings. The number of ether oxygens (including phenoxy) is 3. The summed E-state index contributed by atoms with van der Waals surface area (Å²) in [6.45, 7) is 0. The fourth-order valence-corrected chi connectivity index (χ4v) is 3.19. The van der Waals surface area contributed by atoms with Crippen molar-refractivity contribution in [2.45, 2.75) is 18.9 Å². The summed E-state index contributed by atoms with van der Waals surface area (Å²) in [4.78, 5) is 12.3. The van der Waals surface area contributed by atoms with Crippen LogP contribution >= 0.6 is 0 Å². The van der Waals surface area contributed by atoms with Crippen molar-refractivity contribution in [3.8, 4) is 34.1 Å². The van der Waals surface area contributed by atoms with Gasteiger partial charge in [-0.3, -0.25) is 4.79 Å². The van der Waals surface area contributed by atoms with Gasteiger partial charge in [-0.05, 0) is 47.7 Å². The van der Waals surface area contributed by atoms with Crippen LogP contribution in [-0.2, 0) is 6.42 Å². The van der Waals surface area contributed by atoms with E-state index in [4.69, 9.17) is 22.7 Å². The molecule has 3 rings (SSSR count). The van der Waals surface area contributed by atoms with Gasteiger partial charge in [-0.25, -0.2) is 0 Å². The lowest BCUT2D eigenvalue weighted by Crippen LogP contribution is -2.11. The number of aryl methyl sites for hydroxylation is 1. The number of benzene rings is 1. The molecule has 1 aliphatic rings. The minimum absolute atomic E-state index is 0.276. The minimum Gasteiger partial charge on any atom is -0.504 e. The first kappa shape index (κ1) is 14.6. The van der Waals surface area contributed by atoms with Crippen molar-refractivity contribution in [2.75, 3.05) is 21.3 Å². The van der Waals surface area contributed by atoms with Crippen molar-refractivity contribution in [3.05, 3.63) is 45.6 Å². The summed E-state index contributed by atoms with van der Waals surface area (Å²) >= 11 is 0. The zero-order chi connectivity index (χ0) is 19.9. The van der Waals surface area contributed by atoms with Crippen LogP contribution in [0.1, 0.15) is 26.3 Å². The summed E-state index contributed by atoms with van der Waals surface area (Å²) in [7, 11) is 4.48. The maximum atomic E-state index is 12.3. The lowest BCUT2D eigenvalue weighted by molar-refractivity contribution is 0.324. The predicted octanol–water partition coefficient (Wildman–Crippen LogP) is 2.39. The van der Waals surface area contributed by atoms with E-state index in [0.717, 1.165) is 5.56 Å². The van der Waals surface area contributed by atoms with Gasteiger partial charge in [0.1, 0.15) is 0 Å². The zero-order valence-electron chi connectivity index (χ0n) is 16.3. The number of methoxy groups -OCH3 is 3. The Morgan fingerprint density at radius 2 is 1.96 bits per heavy atom. The zero-order valence-corrected chi connectivity index (χ0v) is 14.3. The summed E-state index contributed by atoms with van der Waals surface area (Å²) in [5.41, 5.74) is 7.45. The van der Waals surface area contributed by atoms with E-state index in [1.807, 2.05) is 0 Å². The summed E-state index contributed by atoms with van der Waals surface area (Å²) in [6, 6.07) is 1.74. The quantitative estimate of drug-likeness (QED) is 0.888. The van der Waals surface area contributed by atoms with Crippen LogP contribution in [0.4, 0.5) is 0 Å². The average molecular weight is 345 g/mol. The molecule has 0 spiro atoms. The Balaban J connectivity index is 2.55.